The number of aryl methyl sites for hydroxylation is 1. The summed E-state index contributed by atoms with van der Waals surface area (Å²) < 4.78 is 0. The largest absolute Gasteiger partial charge is 0.297 e. The maximum Gasteiger partial charge on any atom is 0.131 e. The molecule has 94 valence electrons. The van der Waals surface area contributed by atoms with E-state index in [1.165, 1.54) is 17.0 Å². The van der Waals surface area contributed by atoms with Crippen molar-refractivity contribution in [2.45, 2.75) is 53.0 Å². The number of hydrogen-bond acceptors (Lipinski definition) is 3. The van der Waals surface area contributed by atoms with Crippen LogP contribution in [0.15, 0.2) is 0 Å². The molecule has 0 spiro atoms. The maximum absolute atomic E-state index is 4.77. The van der Waals surface area contributed by atoms with Crippen molar-refractivity contribution in [3.8, 4) is 0 Å². The highest BCUT2D eigenvalue weighted by Gasteiger charge is 2.21. The third kappa shape index (κ3) is 2.49. The van der Waals surface area contributed by atoms with Gasteiger partial charge in [0, 0.05) is 24.7 Å². The Bertz CT molecular complexity index is 399. The van der Waals surface area contributed by atoms with Crippen molar-refractivity contribution >= 4 is 0 Å². The third-order valence-corrected chi connectivity index (χ3v) is 3.55. The van der Waals surface area contributed by atoms with Crippen molar-refractivity contribution in [3.05, 3.63) is 22.8 Å². The average Bonchev–Trinajstić information content (AvgIpc) is 2.36. The molecular formula is C14H23N3. The lowest BCUT2D eigenvalue weighted by molar-refractivity contribution is 0.262. The van der Waals surface area contributed by atoms with E-state index in [9.17, 15) is 0 Å². The van der Waals surface area contributed by atoms with Crippen molar-refractivity contribution in [2.75, 3.05) is 13.1 Å². The van der Waals surface area contributed by atoms with E-state index in [0.717, 1.165) is 38.3 Å². The van der Waals surface area contributed by atoms with Crippen LogP contribution in [0.1, 0.15) is 56.4 Å². The number of fused-ring (bicyclic) bond motifs is 1. The third-order valence-electron chi connectivity index (χ3n) is 3.55. The van der Waals surface area contributed by atoms with E-state index < -0.39 is 0 Å². The molecule has 2 rings (SSSR count). The van der Waals surface area contributed by atoms with E-state index in [4.69, 9.17) is 9.97 Å². The van der Waals surface area contributed by atoms with Crippen molar-refractivity contribution in [1.82, 2.24) is 14.9 Å². The Labute approximate surface area is 104 Å². The van der Waals surface area contributed by atoms with E-state index in [1.54, 1.807) is 0 Å². The van der Waals surface area contributed by atoms with Gasteiger partial charge in [0.2, 0.25) is 0 Å². The molecule has 1 aliphatic rings. The molecule has 1 aromatic heterocycles. The minimum atomic E-state index is 0.419. The van der Waals surface area contributed by atoms with Gasteiger partial charge in [-0.3, -0.25) is 4.90 Å². The molecule has 2 heterocycles. The summed E-state index contributed by atoms with van der Waals surface area (Å²) in [4.78, 5) is 11.9. The highest BCUT2D eigenvalue weighted by molar-refractivity contribution is 5.29. The Kier molecular flexibility index (Phi) is 3.77. The first-order valence-electron chi connectivity index (χ1n) is 6.76. The molecule has 0 aliphatic carbocycles. The van der Waals surface area contributed by atoms with Crippen LogP contribution in [0.2, 0.25) is 0 Å². The van der Waals surface area contributed by atoms with Gasteiger partial charge in [-0.25, -0.2) is 9.97 Å². The predicted octanol–water partition coefficient (Wildman–Crippen LogP) is 2.54. The van der Waals surface area contributed by atoms with Gasteiger partial charge < -0.3 is 0 Å². The summed E-state index contributed by atoms with van der Waals surface area (Å²) in [5, 5.41) is 0. The summed E-state index contributed by atoms with van der Waals surface area (Å²) in [5.41, 5.74) is 3.96. The van der Waals surface area contributed by atoms with E-state index in [1.807, 2.05) is 0 Å². The van der Waals surface area contributed by atoms with E-state index in [0.29, 0.717) is 5.92 Å². The van der Waals surface area contributed by atoms with Crippen LogP contribution < -0.4 is 0 Å². The van der Waals surface area contributed by atoms with Gasteiger partial charge in [-0.2, -0.15) is 0 Å². The predicted molar refractivity (Wildman–Crippen MR) is 70.2 cm³/mol. The molecule has 0 atom stereocenters. The van der Waals surface area contributed by atoms with Gasteiger partial charge in [-0.15, -0.1) is 0 Å². The topological polar surface area (TPSA) is 29.0 Å². The molecular weight excluding hydrogens is 210 g/mol. The van der Waals surface area contributed by atoms with Gasteiger partial charge in [-0.05, 0) is 24.9 Å². The Morgan fingerprint density at radius 3 is 2.59 bits per heavy atom. The fraction of sp³-hybridized carbons (Fsp3) is 0.714. The van der Waals surface area contributed by atoms with Crippen LogP contribution >= 0.6 is 0 Å². The molecule has 0 aromatic carbocycles. The number of nitrogens with zero attached hydrogens (tertiary/aromatic N) is 3. The normalized spacial score (nSPS) is 16.3. The first kappa shape index (κ1) is 12.5. The Hall–Kier alpha value is -0.960. The van der Waals surface area contributed by atoms with E-state index in [-0.39, 0.29) is 0 Å². The molecule has 0 unspecified atom stereocenters. The van der Waals surface area contributed by atoms with Crippen LogP contribution in [0.5, 0.6) is 0 Å². The fourth-order valence-electron chi connectivity index (χ4n) is 2.40. The first-order chi connectivity index (χ1) is 8.15. The fourth-order valence-corrected chi connectivity index (χ4v) is 2.40. The smallest absolute Gasteiger partial charge is 0.131 e. The lowest BCUT2D eigenvalue weighted by Gasteiger charge is -2.28. The zero-order valence-corrected chi connectivity index (χ0v) is 11.5. The zero-order valence-electron chi connectivity index (χ0n) is 11.5. The van der Waals surface area contributed by atoms with Crippen LogP contribution in [-0.4, -0.2) is 28.0 Å². The minimum absolute atomic E-state index is 0.419. The summed E-state index contributed by atoms with van der Waals surface area (Å²) in [5.74, 6) is 1.43. The molecule has 1 aliphatic heterocycles. The zero-order chi connectivity index (χ0) is 12.4. The standard InChI is InChI=1S/C14H23N3/c1-5-12-11-7-8-17(6-2)9-13(11)16-14(15-12)10(3)4/h10H,5-9H2,1-4H3. The highest BCUT2D eigenvalue weighted by Crippen LogP contribution is 2.22. The molecule has 0 saturated heterocycles. The summed E-state index contributed by atoms with van der Waals surface area (Å²) in [6.45, 7) is 12.0. The van der Waals surface area contributed by atoms with Gasteiger partial charge in [0.05, 0.1) is 5.69 Å². The molecule has 0 saturated carbocycles. The van der Waals surface area contributed by atoms with Crippen LogP contribution in [0.25, 0.3) is 0 Å². The van der Waals surface area contributed by atoms with Crippen molar-refractivity contribution < 1.29 is 0 Å². The Balaban J connectivity index is 2.41. The summed E-state index contributed by atoms with van der Waals surface area (Å²) in [6.07, 6.45) is 2.14. The molecule has 17 heavy (non-hydrogen) atoms. The molecule has 0 fully saturated rings. The van der Waals surface area contributed by atoms with Crippen molar-refractivity contribution in [2.24, 2.45) is 0 Å². The van der Waals surface area contributed by atoms with Crippen LogP contribution in [0.3, 0.4) is 0 Å². The van der Waals surface area contributed by atoms with Gasteiger partial charge in [0.1, 0.15) is 5.82 Å². The van der Waals surface area contributed by atoms with Gasteiger partial charge in [0.15, 0.2) is 0 Å². The maximum atomic E-state index is 4.77. The molecule has 0 radical (unpaired) electrons. The molecule has 1 aromatic rings. The monoisotopic (exact) mass is 233 g/mol. The quantitative estimate of drug-likeness (QED) is 0.803. The van der Waals surface area contributed by atoms with Crippen LogP contribution in [-0.2, 0) is 19.4 Å². The Morgan fingerprint density at radius 1 is 1.24 bits per heavy atom. The van der Waals surface area contributed by atoms with E-state index in [2.05, 4.69) is 32.6 Å². The molecule has 3 nitrogen and oxygen atoms in total. The van der Waals surface area contributed by atoms with E-state index >= 15 is 0 Å². The van der Waals surface area contributed by atoms with Crippen LogP contribution in [0, 0.1) is 0 Å². The number of hydrogen-bond donors (Lipinski definition) is 0. The molecule has 0 amide bonds. The second kappa shape index (κ2) is 5.13. The Morgan fingerprint density at radius 2 is 2.00 bits per heavy atom. The first-order valence-corrected chi connectivity index (χ1v) is 6.76. The second-order valence-corrected chi connectivity index (χ2v) is 5.08. The number of likely N-dealkylation sites (N-methyl/N-ethyl adjacent to an activating group) is 1. The second-order valence-electron chi connectivity index (χ2n) is 5.08. The van der Waals surface area contributed by atoms with Crippen molar-refractivity contribution in [1.29, 1.82) is 0 Å². The summed E-state index contributed by atoms with van der Waals surface area (Å²) in [7, 11) is 0. The summed E-state index contributed by atoms with van der Waals surface area (Å²) >= 11 is 0. The molecule has 3 heteroatoms. The lowest BCUT2D eigenvalue weighted by Crippen LogP contribution is -2.32. The van der Waals surface area contributed by atoms with Gasteiger partial charge in [0.25, 0.3) is 0 Å². The highest BCUT2D eigenvalue weighted by atomic mass is 15.1. The SMILES string of the molecule is CCc1nc(C(C)C)nc2c1CCN(CC)C2. The molecule has 0 bridgehead atoms. The summed E-state index contributed by atoms with van der Waals surface area (Å²) in [6, 6.07) is 0. The van der Waals surface area contributed by atoms with Crippen molar-refractivity contribution in [3.63, 3.8) is 0 Å². The number of aromatic nitrogens is 2. The van der Waals surface area contributed by atoms with Crippen LogP contribution in [0.4, 0.5) is 0 Å². The van der Waals surface area contributed by atoms with Gasteiger partial charge in [-0.1, -0.05) is 27.7 Å². The minimum Gasteiger partial charge on any atom is -0.297 e. The van der Waals surface area contributed by atoms with Gasteiger partial charge >= 0.3 is 0 Å². The average molecular weight is 233 g/mol. The molecule has 0 N–H and O–H groups in total. The number of rotatable bonds is 3. The lowest BCUT2D eigenvalue weighted by atomic mass is 10.0.